The molecule has 0 aliphatic carbocycles. The van der Waals surface area contributed by atoms with Gasteiger partial charge in [-0.1, -0.05) is 0 Å². The zero-order chi connectivity index (χ0) is 13.2. The molecule has 0 amide bonds. The molecule has 0 spiro atoms. The summed E-state index contributed by atoms with van der Waals surface area (Å²) in [5.41, 5.74) is 5.62. The molecule has 0 bridgehead atoms. The molecule has 0 saturated carbocycles. The van der Waals surface area contributed by atoms with E-state index in [9.17, 15) is 8.42 Å². The number of pyridine rings is 1. The number of hydrogen-bond acceptors (Lipinski definition) is 6. The Morgan fingerprint density at radius 2 is 2.00 bits per heavy atom. The molecule has 7 nitrogen and oxygen atoms in total. The molecular weight excluding hydrogens is 322 g/mol. The number of nitrogens with zero attached hydrogens (tertiary/aromatic N) is 3. The van der Waals surface area contributed by atoms with E-state index in [2.05, 4.69) is 35.6 Å². The first-order valence-corrected chi connectivity index (χ1v) is 6.97. The van der Waals surface area contributed by atoms with Gasteiger partial charge in [-0.25, -0.2) is 15.0 Å². The van der Waals surface area contributed by atoms with Gasteiger partial charge in [-0.15, -0.1) is 0 Å². The molecule has 3 N–H and O–H groups in total. The number of halogens is 1. The van der Waals surface area contributed by atoms with Crippen LogP contribution in [0.25, 0.3) is 0 Å². The number of anilines is 2. The molecule has 9 heteroatoms. The van der Waals surface area contributed by atoms with Crippen LogP contribution >= 0.6 is 15.9 Å². The molecule has 2 rings (SSSR count). The van der Waals surface area contributed by atoms with E-state index >= 15 is 0 Å². The third-order valence-electron chi connectivity index (χ3n) is 1.91. The SMILES string of the molecule is Nc1cccnc1S(=O)(=O)Nc1cnc(Br)cn1. The topological polar surface area (TPSA) is 111 Å². The zero-order valence-electron chi connectivity index (χ0n) is 8.91. The maximum absolute atomic E-state index is 12.0. The van der Waals surface area contributed by atoms with Gasteiger partial charge >= 0.3 is 0 Å². The van der Waals surface area contributed by atoms with Crippen molar-refractivity contribution in [3.8, 4) is 0 Å². The summed E-state index contributed by atoms with van der Waals surface area (Å²) in [6, 6.07) is 3.00. The van der Waals surface area contributed by atoms with Crippen molar-refractivity contribution < 1.29 is 8.42 Å². The van der Waals surface area contributed by atoms with Crippen LogP contribution in [0.15, 0.2) is 40.4 Å². The van der Waals surface area contributed by atoms with Crippen LogP contribution in [0.5, 0.6) is 0 Å². The van der Waals surface area contributed by atoms with Gasteiger partial charge in [0.05, 0.1) is 18.1 Å². The third kappa shape index (κ3) is 2.74. The summed E-state index contributed by atoms with van der Waals surface area (Å²) in [6.45, 7) is 0. The molecule has 0 unspecified atom stereocenters. The van der Waals surface area contributed by atoms with Crippen LogP contribution in [0, 0.1) is 0 Å². The molecule has 0 fully saturated rings. The number of hydrogen-bond donors (Lipinski definition) is 2. The second kappa shape index (κ2) is 4.86. The lowest BCUT2D eigenvalue weighted by Crippen LogP contribution is -2.17. The quantitative estimate of drug-likeness (QED) is 0.869. The molecule has 0 atom stereocenters. The Morgan fingerprint density at radius 1 is 1.22 bits per heavy atom. The number of nitrogens with one attached hydrogen (secondary N) is 1. The highest BCUT2D eigenvalue weighted by atomic mass is 79.9. The van der Waals surface area contributed by atoms with Crippen molar-refractivity contribution in [2.75, 3.05) is 10.5 Å². The second-order valence-electron chi connectivity index (χ2n) is 3.23. The molecule has 2 aromatic heterocycles. The number of rotatable bonds is 3. The minimum Gasteiger partial charge on any atom is -0.396 e. The lowest BCUT2D eigenvalue weighted by molar-refractivity contribution is 0.598. The van der Waals surface area contributed by atoms with E-state index < -0.39 is 10.0 Å². The van der Waals surface area contributed by atoms with Crippen LogP contribution in [0.2, 0.25) is 0 Å². The first-order chi connectivity index (χ1) is 8.49. The third-order valence-corrected chi connectivity index (χ3v) is 3.65. The van der Waals surface area contributed by atoms with Gasteiger partial charge in [0.2, 0.25) is 0 Å². The van der Waals surface area contributed by atoms with Crippen LogP contribution in [-0.4, -0.2) is 23.4 Å². The summed E-state index contributed by atoms with van der Waals surface area (Å²) in [7, 11) is -3.86. The first-order valence-electron chi connectivity index (χ1n) is 4.70. The Bertz CT molecular complexity index is 659. The molecular formula is C9H8BrN5O2S. The Kier molecular flexibility index (Phi) is 3.43. The van der Waals surface area contributed by atoms with Gasteiger partial charge in [0.1, 0.15) is 4.60 Å². The van der Waals surface area contributed by atoms with E-state index in [0.29, 0.717) is 4.60 Å². The fraction of sp³-hybridized carbons (Fsp3) is 0. The minimum absolute atomic E-state index is 0.0649. The van der Waals surface area contributed by atoms with Crippen LogP contribution in [0.3, 0.4) is 0 Å². The lowest BCUT2D eigenvalue weighted by Gasteiger charge is -2.07. The van der Waals surface area contributed by atoms with Gasteiger partial charge < -0.3 is 5.73 Å². The molecule has 0 aromatic carbocycles. The Labute approximate surface area is 112 Å². The molecule has 18 heavy (non-hydrogen) atoms. The van der Waals surface area contributed by atoms with Crippen LogP contribution in [-0.2, 0) is 10.0 Å². The Morgan fingerprint density at radius 3 is 2.61 bits per heavy atom. The molecule has 0 saturated heterocycles. The van der Waals surface area contributed by atoms with E-state index in [1.54, 1.807) is 6.07 Å². The number of nitrogens with two attached hydrogens (primary N) is 1. The second-order valence-corrected chi connectivity index (χ2v) is 5.64. The fourth-order valence-corrected chi connectivity index (χ4v) is 2.44. The monoisotopic (exact) mass is 329 g/mol. The summed E-state index contributed by atoms with van der Waals surface area (Å²) in [5.74, 6) is 0.0863. The van der Waals surface area contributed by atoms with Gasteiger partial charge in [0.15, 0.2) is 10.8 Å². The summed E-state index contributed by atoms with van der Waals surface area (Å²) in [6.07, 6.45) is 4.00. The van der Waals surface area contributed by atoms with E-state index in [4.69, 9.17) is 5.73 Å². The van der Waals surface area contributed by atoms with Crippen molar-refractivity contribution >= 4 is 37.5 Å². The van der Waals surface area contributed by atoms with Crippen molar-refractivity contribution in [3.63, 3.8) is 0 Å². The minimum atomic E-state index is -3.86. The van der Waals surface area contributed by atoms with E-state index in [1.165, 1.54) is 24.7 Å². The molecule has 0 aliphatic rings. The van der Waals surface area contributed by atoms with Gasteiger partial charge in [-0.2, -0.15) is 8.42 Å². The first kappa shape index (κ1) is 12.7. The van der Waals surface area contributed by atoms with E-state index in [0.717, 1.165) is 0 Å². The highest BCUT2D eigenvalue weighted by molar-refractivity contribution is 9.10. The molecule has 0 aliphatic heterocycles. The fourth-order valence-electron chi connectivity index (χ4n) is 1.18. The molecule has 2 aromatic rings. The summed E-state index contributed by atoms with van der Waals surface area (Å²) < 4.78 is 26.7. The number of nitrogen functional groups attached to an aromatic ring is 1. The van der Waals surface area contributed by atoms with E-state index in [-0.39, 0.29) is 16.5 Å². The van der Waals surface area contributed by atoms with Crippen molar-refractivity contribution in [2.24, 2.45) is 0 Å². The van der Waals surface area contributed by atoms with Gasteiger partial charge in [-0.3, -0.25) is 4.72 Å². The average Bonchev–Trinajstić information content (AvgIpc) is 2.32. The van der Waals surface area contributed by atoms with Crippen LogP contribution in [0.1, 0.15) is 0 Å². The van der Waals surface area contributed by atoms with E-state index in [1.807, 2.05) is 0 Å². The van der Waals surface area contributed by atoms with Crippen molar-refractivity contribution in [1.82, 2.24) is 15.0 Å². The maximum atomic E-state index is 12.0. The molecule has 0 radical (unpaired) electrons. The van der Waals surface area contributed by atoms with Gasteiger partial charge in [-0.05, 0) is 28.1 Å². The van der Waals surface area contributed by atoms with Gasteiger partial charge in [0.25, 0.3) is 10.0 Å². The summed E-state index contributed by atoms with van der Waals surface area (Å²) >= 11 is 3.10. The summed E-state index contributed by atoms with van der Waals surface area (Å²) in [4.78, 5) is 11.4. The van der Waals surface area contributed by atoms with Crippen molar-refractivity contribution in [3.05, 3.63) is 35.3 Å². The predicted molar refractivity (Wildman–Crippen MR) is 69.2 cm³/mol. The highest BCUT2D eigenvalue weighted by Crippen LogP contribution is 2.17. The van der Waals surface area contributed by atoms with Crippen molar-refractivity contribution in [1.29, 1.82) is 0 Å². The average molecular weight is 330 g/mol. The standard InChI is InChI=1S/C9H8BrN5O2S/c10-7-4-14-8(5-13-7)15-18(16,17)9-6(11)2-1-3-12-9/h1-5H,11H2,(H,14,15). The van der Waals surface area contributed by atoms with Crippen LogP contribution in [0.4, 0.5) is 11.5 Å². The Hall–Kier alpha value is -1.74. The number of sulfonamides is 1. The smallest absolute Gasteiger partial charge is 0.282 e. The lowest BCUT2D eigenvalue weighted by atomic mass is 10.4. The van der Waals surface area contributed by atoms with Gasteiger partial charge in [0, 0.05) is 6.20 Å². The highest BCUT2D eigenvalue weighted by Gasteiger charge is 2.19. The molecule has 94 valence electrons. The predicted octanol–water partition coefficient (Wildman–Crippen LogP) is 1.02. The molecule has 2 heterocycles. The Balaban J connectivity index is 2.33. The normalized spacial score (nSPS) is 11.2. The largest absolute Gasteiger partial charge is 0.396 e. The zero-order valence-corrected chi connectivity index (χ0v) is 11.3. The number of aromatic nitrogens is 3. The maximum Gasteiger partial charge on any atom is 0.282 e. The van der Waals surface area contributed by atoms with Crippen LogP contribution < -0.4 is 10.5 Å². The van der Waals surface area contributed by atoms with Crippen molar-refractivity contribution in [2.45, 2.75) is 5.03 Å². The summed E-state index contributed by atoms with van der Waals surface area (Å²) in [5, 5.41) is -0.241.